The zero-order chi connectivity index (χ0) is 12.0. The summed E-state index contributed by atoms with van der Waals surface area (Å²) in [5.41, 5.74) is 0. The first kappa shape index (κ1) is 13.0. The van der Waals surface area contributed by atoms with Crippen molar-refractivity contribution < 1.29 is 14.3 Å². The van der Waals surface area contributed by atoms with Gasteiger partial charge in [-0.1, -0.05) is 11.3 Å². The Bertz CT molecular complexity index is 342. The molecule has 0 saturated heterocycles. The number of nitrogens with zero attached hydrogens (tertiary/aromatic N) is 3. The highest BCUT2D eigenvalue weighted by Gasteiger charge is 2.18. The highest BCUT2D eigenvalue weighted by Crippen LogP contribution is 2.19. The number of hydrogen-bond donors (Lipinski definition) is 0. The Labute approximate surface area is 98.2 Å². The van der Waals surface area contributed by atoms with Crippen LogP contribution in [0.3, 0.4) is 0 Å². The molecule has 0 saturated carbocycles. The molecule has 0 aliphatic heterocycles. The van der Waals surface area contributed by atoms with Crippen LogP contribution in [-0.2, 0) is 14.3 Å². The van der Waals surface area contributed by atoms with E-state index in [1.54, 1.807) is 7.11 Å². The molecule has 0 aliphatic carbocycles. The van der Waals surface area contributed by atoms with E-state index in [1.807, 2.05) is 6.92 Å². The molecule has 0 unspecified atom stereocenters. The molecule has 7 heteroatoms. The minimum Gasteiger partial charge on any atom is -0.383 e. The summed E-state index contributed by atoms with van der Waals surface area (Å²) in [4.78, 5) is 13.3. The summed E-state index contributed by atoms with van der Waals surface area (Å²) in [5, 5.41) is 9.22. The van der Waals surface area contributed by atoms with Crippen LogP contribution in [0.5, 0.6) is 0 Å². The second-order valence-corrected chi connectivity index (χ2v) is 4.23. The topological polar surface area (TPSA) is 64.5 Å². The molecule has 0 aromatic carbocycles. The quantitative estimate of drug-likeness (QED) is 0.729. The van der Waals surface area contributed by atoms with Gasteiger partial charge in [-0.15, -0.1) is 10.2 Å². The van der Waals surface area contributed by atoms with Gasteiger partial charge in [0.05, 0.1) is 13.2 Å². The van der Waals surface area contributed by atoms with Gasteiger partial charge >= 0.3 is 0 Å². The molecule has 0 N–H and O–H groups in total. The van der Waals surface area contributed by atoms with Gasteiger partial charge in [0.25, 0.3) is 5.91 Å². The SMILES string of the molecule is COCCN(C(=O)COC)c1nnc(C)s1. The van der Waals surface area contributed by atoms with E-state index in [-0.39, 0.29) is 12.5 Å². The second-order valence-electron chi connectivity index (χ2n) is 3.07. The number of methoxy groups -OCH3 is 2. The lowest BCUT2D eigenvalue weighted by Gasteiger charge is -2.18. The van der Waals surface area contributed by atoms with Gasteiger partial charge in [-0.25, -0.2) is 0 Å². The van der Waals surface area contributed by atoms with E-state index in [4.69, 9.17) is 9.47 Å². The summed E-state index contributed by atoms with van der Waals surface area (Å²) in [6.45, 7) is 2.78. The first-order chi connectivity index (χ1) is 7.69. The Kier molecular flexibility index (Phi) is 5.30. The first-order valence-corrected chi connectivity index (χ1v) is 5.59. The van der Waals surface area contributed by atoms with Crippen LogP contribution in [0.1, 0.15) is 5.01 Å². The third-order valence-electron chi connectivity index (χ3n) is 1.83. The summed E-state index contributed by atoms with van der Waals surface area (Å²) in [5.74, 6) is -0.143. The summed E-state index contributed by atoms with van der Waals surface area (Å²) in [6.07, 6.45) is 0. The molecule has 6 nitrogen and oxygen atoms in total. The summed E-state index contributed by atoms with van der Waals surface area (Å²) < 4.78 is 9.77. The Morgan fingerprint density at radius 3 is 2.62 bits per heavy atom. The minimum atomic E-state index is -0.143. The summed E-state index contributed by atoms with van der Waals surface area (Å²) in [6, 6.07) is 0. The maximum atomic E-state index is 11.7. The van der Waals surface area contributed by atoms with Crippen molar-refractivity contribution in [3.8, 4) is 0 Å². The van der Waals surface area contributed by atoms with E-state index in [0.29, 0.717) is 18.3 Å². The van der Waals surface area contributed by atoms with Gasteiger partial charge in [-0.2, -0.15) is 0 Å². The largest absolute Gasteiger partial charge is 0.383 e. The van der Waals surface area contributed by atoms with Gasteiger partial charge in [0.1, 0.15) is 11.6 Å². The zero-order valence-electron chi connectivity index (χ0n) is 9.60. The number of anilines is 1. The highest BCUT2D eigenvalue weighted by atomic mass is 32.1. The lowest BCUT2D eigenvalue weighted by atomic mass is 10.5. The number of aryl methyl sites for hydroxylation is 1. The molecular weight excluding hydrogens is 230 g/mol. The number of carbonyl (C=O) groups excluding carboxylic acids is 1. The lowest BCUT2D eigenvalue weighted by Crippen LogP contribution is -2.36. The Hall–Kier alpha value is -1.05. The van der Waals surface area contributed by atoms with E-state index in [9.17, 15) is 4.79 Å². The normalized spacial score (nSPS) is 10.4. The van der Waals surface area contributed by atoms with Crippen LogP contribution in [-0.4, -0.2) is 50.1 Å². The Morgan fingerprint density at radius 1 is 1.38 bits per heavy atom. The van der Waals surface area contributed by atoms with E-state index in [2.05, 4.69) is 10.2 Å². The Morgan fingerprint density at radius 2 is 2.12 bits per heavy atom. The molecule has 16 heavy (non-hydrogen) atoms. The molecule has 1 aromatic rings. The number of carbonyl (C=O) groups is 1. The van der Waals surface area contributed by atoms with Crippen LogP contribution in [0.2, 0.25) is 0 Å². The van der Waals surface area contributed by atoms with E-state index in [1.165, 1.54) is 23.3 Å². The maximum absolute atomic E-state index is 11.7. The molecule has 90 valence electrons. The third-order valence-corrected chi connectivity index (χ3v) is 2.70. The van der Waals surface area contributed by atoms with Crippen molar-refractivity contribution in [2.75, 3.05) is 38.9 Å². The van der Waals surface area contributed by atoms with Crippen LogP contribution in [0.15, 0.2) is 0 Å². The van der Waals surface area contributed by atoms with Crippen LogP contribution < -0.4 is 4.90 Å². The van der Waals surface area contributed by atoms with Crippen LogP contribution in [0.4, 0.5) is 5.13 Å². The minimum absolute atomic E-state index is 0.0301. The predicted octanol–water partition coefficient (Wildman–Crippen LogP) is 0.472. The van der Waals surface area contributed by atoms with Crippen molar-refractivity contribution in [2.24, 2.45) is 0 Å². The standard InChI is InChI=1S/C9H15N3O3S/c1-7-10-11-9(16-7)12(4-5-14-2)8(13)6-15-3/h4-6H2,1-3H3. The van der Waals surface area contributed by atoms with Crippen molar-refractivity contribution in [3.05, 3.63) is 5.01 Å². The summed E-state index contributed by atoms with van der Waals surface area (Å²) in [7, 11) is 3.07. The van der Waals surface area contributed by atoms with Crippen molar-refractivity contribution in [1.82, 2.24) is 10.2 Å². The molecule has 0 spiro atoms. The van der Waals surface area contributed by atoms with Gasteiger partial charge in [0.2, 0.25) is 5.13 Å². The van der Waals surface area contributed by atoms with Crippen molar-refractivity contribution in [1.29, 1.82) is 0 Å². The fraction of sp³-hybridized carbons (Fsp3) is 0.667. The van der Waals surface area contributed by atoms with Gasteiger partial charge in [-0.05, 0) is 6.92 Å². The van der Waals surface area contributed by atoms with Gasteiger partial charge < -0.3 is 9.47 Å². The number of aromatic nitrogens is 2. The molecule has 1 heterocycles. The molecule has 1 amide bonds. The lowest BCUT2D eigenvalue weighted by molar-refractivity contribution is -0.122. The number of ether oxygens (including phenoxy) is 2. The second kappa shape index (κ2) is 6.51. The van der Waals surface area contributed by atoms with E-state index < -0.39 is 0 Å². The number of amides is 1. The average molecular weight is 245 g/mol. The van der Waals surface area contributed by atoms with Gasteiger partial charge in [-0.3, -0.25) is 9.69 Å². The highest BCUT2D eigenvalue weighted by molar-refractivity contribution is 7.15. The number of rotatable bonds is 6. The van der Waals surface area contributed by atoms with Crippen LogP contribution >= 0.6 is 11.3 Å². The third kappa shape index (κ3) is 3.51. The van der Waals surface area contributed by atoms with Gasteiger partial charge in [0, 0.05) is 14.2 Å². The zero-order valence-corrected chi connectivity index (χ0v) is 10.4. The maximum Gasteiger partial charge on any atom is 0.254 e. The fourth-order valence-electron chi connectivity index (χ4n) is 1.11. The van der Waals surface area contributed by atoms with Crippen molar-refractivity contribution >= 4 is 22.4 Å². The fourth-order valence-corrected chi connectivity index (χ4v) is 1.84. The number of hydrogen-bond acceptors (Lipinski definition) is 6. The molecule has 1 aromatic heterocycles. The van der Waals surface area contributed by atoms with E-state index >= 15 is 0 Å². The molecule has 0 atom stereocenters. The molecular formula is C9H15N3O3S. The smallest absolute Gasteiger partial charge is 0.254 e. The van der Waals surface area contributed by atoms with Crippen LogP contribution in [0, 0.1) is 6.92 Å². The van der Waals surface area contributed by atoms with E-state index in [0.717, 1.165) is 5.01 Å². The predicted molar refractivity (Wildman–Crippen MR) is 60.8 cm³/mol. The molecule has 0 fully saturated rings. The molecule has 1 rings (SSSR count). The molecule has 0 radical (unpaired) electrons. The Balaban J connectivity index is 2.74. The van der Waals surface area contributed by atoms with Crippen molar-refractivity contribution in [3.63, 3.8) is 0 Å². The van der Waals surface area contributed by atoms with Crippen LogP contribution in [0.25, 0.3) is 0 Å². The molecule has 0 bridgehead atoms. The monoisotopic (exact) mass is 245 g/mol. The first-order valence-electron chi connectivity index (χ1n) is 4.77. The average Bonchev–Trinajstić information content (AvgIpc) is 2.66. The van der Waals surface area contributed by atoms with Gasteiger partial charge in [0.15, 0.2) is 0 Å². The summed E-state index contributed by atoms with van der Waals surface area (Å²) >= 11 is 1.37. The van der Waals surface area contributed by atoms with Crippen molar-refractivity contribution in [2.45, 2.75) is 6.92 Å². The molecule has 0 aliphatic rings.